The van der Waals surface area contributed by atoms with Gasteiger partial charge in [0.15, 0.2) is 5.69 Å². The summed E-state index contributed by atoms with van der Waals surface area (Å²) in [6.45, 7) is 0.614. The van der Waals surface area contributed by atoms with Crippen LogP contribution in [0.25, 0.3) is 0 Å². The average Bonchev–Trinajstić information content (AvgIpc) is 2.81. The number of amides is 1. The Balaban J connectivity index is 1.48. The lowest BCUT2D eigenvalue weighted by Gasteiger charge is -2.36. The van der Waals surface area contributed by atoms with Gasteiger partial charge in [-0.1, -0.05) is 6.07 Å². The lowest BCUT2D eigenvalue weighted by Crippen LogP contribution is -2.48. The van der Waals surface area contributed by atoms with Gasteiger partial charge >= 0.3 is 0 Å². The summed E-state index contributed by atoms with van der Waals surface area (Å²) in [5.41, 5.74) is 6.25. The van der Waals surface area contributed by atoms with E-state index in [4.69, 9.17) is 11.0 Å². The van der Waals surface area contributed by atoms with Gasteiger partial charge in [-0.05, 0) is 18.6 Å². The van der Waals surface area contributed by atoms with E-state index in [0.717, 1.165) is 0 Å². The molecular weight excluding hydrogens is 413 g/mol. The van der Waals surface area contributed by atoms with Gasteiger partial charge in [-0.25, -0.2) is 24.3 Å². The van der Waals surface area contributed by atoms with Crippen molar-refractivity contribution >= 4 is 29.0 Å². The van der Waals surface area contributed by atoms with Gasteiger partial charge in [-0.2, -0.15) is 5.26 Å². The Morgan fingerprint density at radius 3 is 2.72 bits per heavy atom. The predicted octanol–water partition coefficient (Wildman–Crippen LogP) is 2.01. The standard InChI is InChI=1S/C21H20FN9O/c22-15-12-31(20-11-26-13(8-23)9-28-20)6-4-16(15)29-17-7-19(27-10-14(17)21(24)32)30-18-3-1-2-5-25-18/h1-3,5,7,9-11,15-16H,4,6,12H2,(H2,24,32)(H2,25,27,29,30)/t15-,16+/m0/s1. The highest BCUT2D eigenvalue weighted by Gasteiger charge is 2.31. The number of carbonyl (C=O) groups excluding carboxylic acids is 1. The Morgan fingerprint density at radius 1 is 1.19 bits per heavy atom. The molecule has 162 valence electrons. The number of nitrogens with two attached hydrogens (primary N) is 1. The van der Waals surface area contributed by atoms with Crippen LogP contribution in [-0.2, 0) is 0 Å². The number of alkyl halides is 1. The molecule has 1 amide bonds. The number of carbonyl (C=O) groups is 1. The first kappa shape index (κ1) is 20.9. The summed E-state index contributed by atoms with van der Waals surface area (Å²) < 4.78 is 15.0. The molecule has 11 heteroatoms. The van der Waals surface area contributed by atoms with Gasteiger partial charge < -0.3 is 21.3 Å². The second-order valence-electron chi connectivity index (χ2n) is 7.19. The molecule has 3 aromatic rings. The van der Waals surface area contributed by atoms with Crippen molar-refractivity contribution in [3.8, 4) is 6.07 Å². The van der Waals surface area contributed by atoms with Crippen molar-refractivity contribution in [3.05, 3.63) is 60.3 Å². The third kappa shape index (κ3) is 4.70. The Bertz CT molecular complexity index is 1130. The molecule has 1 aliphatic heterocycles. The monoisotopic (exact) mass is 433 g/mol. The van der Waals surface area contributed by atoms with E-state index in [1.807, 2.05) is 12.1 Å². The summed E-state index contributed by atoms with van der Waals surface area (Å²) in [7, 11) is 0. The number of pyridine rings is 2. The highest BCUT2D eigenvalue weighted by molar-refractivity contribution is 5.98. The smallest absolute Gasteiger partial charge is 0.252 e. The number of nitriles is 1. The zero-order chi connectivity index (χ0) is 22.5. The maximum absolute atomic E-state index is 15.0. The van der Waals surface area contributed by atoms with E-state index in [-0.39, 0.29) is 17.8 Å². The van der Waals surface area contributed by atoms with Gasteiger partial charge in [0.2, 0.25) is 0 Å². The highest BCUT2D eigenvalue weighted by Crippen LogP contribution is 2.26. The van der Waals surface area contributed by atoms with E-state index in [0.29, 0.717) is 36.1 Å². The van der Waals surface area contributed by atoms with Gasteiger partial charge in [-0.3, -0.25) is 4.79 Å². The average molecular weight is 433 g/mol. The minimum Gasteiger partial charge on any atom is -0.378 e. The topological polar surface area (TPSA) is 146 Å². The second-order valence-corrected chi connectivity index (χ2v) is 7.19. The van der Waals surface area contributed by atoms with Crippen LogP contribution in [0.3, 0.4) is 0 Å². The number of nitrogens with one attached hydrogen (secondary N) is 2. The molecule has 0 aromatic carbocycles. The van der Waals surface area contributed by atoms with Crippen molar-refractivity contribution in [1.82, 2.24) is 19.9 Å². The molecule has 2 atom stereocenters. The first-order valence-corrected chi connectivity index (χ1v) is 9.89. The number of hydrogen-bond acceptors (Lipinski definition) is 9. The highest BCUT2D eigenvalue weighted by atomic mass is 19.1. The lowest BCUT2D eigenvalue weighted by atomic mass is 10.0. The normalized spacial score (nSPS) is 17.9. The number of anilines is 4. The predicted molar refractivity (Wildman–Crippen MR) is 116 cm³/mol. The Hall–Kier alpha value is -4.33. The molecule has 32 heavy (non-hydrogen) atoms. The SMILES string of the molecule is N#Cc1cnc(N2CC[C@@H](Nc3cc(Nc4ccccn4)ncc3C(N)=O)[C@@H](F)C2)cn1. The van der Waals surface area contributed by atoms with Gasteiger partial charge in [0.25, 0.3) is 5.91 Å². The van der Waals surface area contributed by atoms with Crippen LogP contribution in [0.2, 0.25) is 0 Å². The van der Waals surface area contributed by atoms with Gasteiger partial charge in [-0.15, -0.1) is 0 Å². The zero-order valence-electron chi connectivity index (χ0n) is 16.9. The second kappa shape index (κ2) is 9.22. The lowest BCUT2D eigenvalue weighted by molar-refractivity contribution is 0.100. The Labute approximate surface area is 183 Å². The maximum Gasteiger partial charge on any atom is 0.252 e. The van der Waals surface area contributed by atoms with Crippen molar-refractivity contribution in [3.63, 3.8) is 0 Å². The van der Waals surface area contributed by atoms with E-state index >= 15 is 4.39 Å². The number of hydrogen-bond donors (Lipinski definition) is 3. The van der Waals surface area contributed by atoms with E-state index in [1.165, 1.54) is 18.6 Å². The fourth-order valence-electron chi connectivity index (χ4n) is 3.42. The third-order valence-electron chi connectivity index (χ3n) is 5.05. The maximum atomic E-state index is 15.0. The van der Waals surface area contributed by atoms with Crippen molar-refractivity contribution in [2.24, 2.45) is 5.73 Å². The minimum atomic E-state index is -1.25. The van der Waals surface area contributed by atoms with E-state index < -0.39 is 18.1 Å². The number of primary amides is 1. The molecule has 0 spiro atoms. The van der Waals surface area contributed by atoms with Crippen LogP contribution in [0.1, 0.15) is 22.5 Å². The molecule has 1 aliphatic rings. The van der Waals surface area contributed by atoms with Crippen LogP contribution < -0.4 is 21.3 Å². The Morgan fingerprint density at radius 2 is 2.06 bits per heavy atom. The molecule has 4 heterocycles. The van der Waals surface area contributed by atoms with Gasteiger partial charge in [0.05, 0.1) is 36.2 Å². The fourth-order valence-corrected chi connectivity index (χ4v) is 3.42. The largest absolute Gasteiger partial charge is 0.378 e. The van der Waals surface area contributed by atoms with Crippen molar-refractivity contribution in [1.29, 1.82) is 5.26 Å². The van der Waals surface area contributed by atoms with Crippen LogP contribution >= 0.6 is 0 Å². The number of aromatic nitrogens is 4. The van der Waals surface area contributed by atoms with Gasteiger partial charge in [0.1, 0.15) is 29.7 Å². The van der Waals surface area contributed by atoms with E-state index in [2.05, 4.69) is 30.6 Å². The van der Waals surface area contributed by atoms with Crippen LogP contribution in [0.4, 0.5) is 27.5 Å². The zero-order valence-corrected chi connectivity index (χ0v) is 16.9. The van der Waals surface area contributed by atoms with Crippen molar-refractivity contribution < 1.29 is 9.18 Å². The molecule has 10 nitrogen and oxygen atoms in total. The summed E-state index contributed by atoms with van der Waals surface area (Å²) in [6, 6.07) is 8.37. The van der Waals surface area contributed by atoms with Crippen LogP contribution in [-0.4, -0.2) is 51.1 Å². The molecule has 0 radical (unpaired) electrons. The quantitative estimate of drug-likeness (QED) is 0.531. The molecule has 4 rings (SSSR count). The summed E-state index contributed by atoms with van der Waals surface area (Å²) in [4.78, 5) is 30.2. The molecule has 0 saturated carbocycles. The van der Waals surface area contributed by atoms with E-state index in [1.54, 1.807) is 29.3 Å². The number of nitrogens with zero attached hydrogens (tertiary/aromatic N) is 6. The first-order valence-electron chi connectivity index (χ1n) is 9.89. The first-order chi connectivity index (χ1) is 15.5. The third-order valence-corrected chi connectivity index (χ3v) is 5.05. The van der Waals surface area contributed by atoms with Crippen LogP contribution in [0.5, 0.6) is 0 Å². The number of piperidine rings is 1. The molecule has 0 unspecified atom stereocenters. The molecule has 0 aliphatic carbocycles. The minimum absolute atomic E-state index is 0.0915. The number of halogens is 1. The molecule has 3 aromatic heterocycles. The van der Waals surface area contributed by atoms with Crippen molar-refractivity contribution in [2.45, 2.75) is 18.6 Å². The van der Waals surface area contributed by atoms with Crippen molar-refractivity contribution in [2.75, 3.05) is 28.6 Å². The molecule has 1 saturated heterocycles. The van der Waals surface area contributed by atoms with E-state index in [9.17, 15) is 4.79 Å². The molecule has 1 fully saturated rings. The molecule has 0 bridgehead atoms. The fraction of sp³-hybridized carbons (Fsp3) is 0.238. The molecular formula is C21H20FN9O. The summed E-state index contributed by atoms with van der Waals surface area (Å²) in [5.74, 6) is 0.869. The van der Waals surface area contributed by atoms with Gasteiger partial charge in [0, 0.05) is 25.0 Å². The van der Waals surface area contributed by atoms with Crippen LogP contribution in [0, 0.1) is 11.3 Å². The summed E-state index contributed by atoms with van der Waals surface area (Å²) in [6.07, 6.45) is 5.01. The number of rotatable bonds is 6. The van der Waals surface area contributed by atoms with Crippen LogP contribution in [0.15, 0.2) is 49.1 Å². The summed E-state index contributed by atoms with van der Waals surface area (Å²) in [5, 5.41) is 15.0. The molecule has 4 N–H and O–H groups in total. The summed E-state index contributed by atoms with van der Waals surface area (Å²) >= 11 is 0. The Kier molecular flexibility index (Phi) is 6.03.